The third-order valence-electron chi connectivity index (χ3n) is 2.10. The molecule has 1 atom stereocenters. The number of ether oxygens (including phenoxy) is 1. The normalized spacial score (nSPS) is 12.0. The lowest BCUT2D eigenvalue weighted by molar-refractivity contribution is 0.414. The minimum absolute atomic E-state index is 0.469. The molecule has 6 nitrogen and oxygen atoms in total. The highest BCUT2D eigenvalue weighted by Crippen LogP contribution is 2.28. The van der Waals surface area contributed by atoms with E-state index in [2.05, 4.69) is 33.9 Å². The van der Waals surface area contributed by atoms with Gasteiger partial charge in [-0.3, -0.25) is 0 Å². The number of nitrogens with one attached hydrogen (secondary N) is 2. The average Bonchev–Trinajstić information content (AvgIpc) is 2.34. The van der Waals surface area contributed by atoms with E-state index in [-0.39, 0.29) is 0 Å². The van der Waals surface area contributed by atoms with Crippen LogP contribution in [0.15, 0.2) is 6.33 Å². The summed E-state index contributed by atoms with van der Waals surface area (Å²) in [7, 11) is 1.56. The van der Waals surface area contributed by atoms with E-state index in [1.807, 2.05) is 0 Å². The van der Waals surface area contributed by atoms with E-state index >= 15 is 0 Å². The van der Waals surface area contributed by atoms with Gasteiger partial charge in [0.05, 0.1) is 7.11 Å². The molecule has 0 bridgehead atoms. The maximum absolute atomic E-state index is 5.33. The second-order valence-corrected chi connectivity index (χ2v) is 4.45. The van der Waals surface area contributed by atoms with E-state index in [1.165, 1.54) is 6.33 Å². The second kappa shape index (κ2) is 6.39. The van der Waals surface area contributed by atoms with E-state index < -0.39 is 0 Å². The van der Waals surface area contributed by atoms with Crippen molar-refractivity contribution in [3.05, 3.63) is 6.33 Å². The number of hydrogen-bond donors (Lipinski definition) is 3. The number of rotatable bonds is 6. The molecule has 0 fully saturated rings. The standard InChI is InChI=1S/C9H17N5OS/c1-6(16-3)4-11-8-7(15-2)9(14-10)13-5-12-8/h5-6H,4,10H2,1-3H3,(H2,11,12,13,14). The van der Waals surface area contributed by atoms with Crippen molar-refractivity contribution < 1.29 is 4.74 Å². The number of thioether (sulfide) groups is 1. The lowest BCUT2D eigenvalue weighted by Crippen LogP contribution is -2.16. The van der Waals surface area contributed by atoms with Crippen molar-refractivity contribution in [1.29, 1.82) is 0 Å². The first kappa shape index (κ1) is 12.9. The van der Waals surface area contributed by atoms with Crippen molar-refractivity contribution >= 4 is 23.4 Å². The first-order valence-corrected chi connectivity index (χ1v) is 6.14. The Bertz CT molecular complexity index is 336. The Hall–Kier alpha value is -1.21. The number of nitrogens with zero attached hydrogens (tertiary/aromatic N) is 2. The summed E-state index contributed by atoms with van der Waals surface area (Å²) in [5, 5.41) is 3.69. The van der Waals surface area contributed by atoms with Gasteiger partial charge in [-0.15, -0.1) is 0 Å². The van der Waals surface area contributed by atoms with Gasteiger partial charge in [-0.1, -0.05) is 6.92 Å². The lowest BCUT2D eigenvalue weighted by atomic mass is 10.4. The third-order valence-corrected chi connectivity index (χ3v) is 3.08. The van der Waals surface area contributed by atoms with Crippen LogP contribution in [-0.4, -0.2) is 35.1 Å². The molecule has 4 N–H and O–H groups in total. The molecule has 0 aliphatic carbocycles. The van der Waals surface area contributed by atoms with Gasteiger partial charge in [-0.25, -0.2) is 15.8 Å². The summed E-state index contributed by atoms with van der Waals surface area (Å²) in [6.45, 7) is 2.94. The summed E-state index contributed by atoms with van der Waals surface area (Å²) in [5.41, 5.74) is 2.47. The molecule has 0 saturated carbocycles. The van der Waals surface area contributed by atoms with Crippen molar-refractivity contribution in [3.63, 3.8) is 0 Å². The molecule has 0 aliphatic rings. The van der Waals surface area contributed by atoms with Gasteiger partial charge >= 0.3 is 0 Å². The van der Waals surface area contributed by atoms with Gasteiger partial charge < -0.3 is 15.5 Å². The van der Waals surface area contributed by atoms with Crippen LogP contribution in [0.4, 0.5) is 11.6 Å². The first-order chi connectivity index (χ1) is 7.72. The van der Waals surface area contributed by atoms with Gasteiger partial charge in [0.1, 0.15) is 6.33 Å². The molecule has 1 aromatic rings. The highest BCUT2D eigenvalue weighted by molar-refractivity contribution is 7.99. The van der Waals surface area contributed by atoms with Crippen LogP contribution in [0.5, 0.6) is 5.75 Å². The number of hydrogen-bond acceptors (Lipinski definition) is 7. The molecule has 0 saturated heterocycles. The Morgan fingerprint density at radius 3 is 2.75 bits per heavy atom. The Kier molecular flexibility index (Phi) is 5.13. The minimum atomic E-state index is 0.469. The predicted octanol–water partition coefficient (Wildman–Crippen LogP) is 0.934. The molecular formula is C9H17N5OS. The zero-order chi connectivity index (χ0) is 12.0. The van der Waals surface area contributed by atoms with Crippen LogP contribution in [-0.2, 0) is 0 Å². The van der Waals surface area contributed by atoms with Gasteiger partial charge in [0, 0.05) is 11.8 Å². The molecule has 90 valence electrons. The molecule has 0 spiro atoms. The summed E-state index contributed by atoms with van der Waals surface area (Å²) >= 11 is 1.78. The Balaban J connectivity index is 2.78. The monoisotopic (exact) mass is 243 g/mol. The number of nitrogen functional groups attached to an aromatic ring is 1. The summed E-state index contributed by atoms with van der Waals surface area (Å²) in [6.07, 6.45) is 3.50. The van der Waals surface area contributed by atoms with Crippen molar-refractivity contribution in [1.82, 2.24) is 9.97 Å². The predicted molar refractivity (Wildman–Crippen MR) is 67.9 cm³/mol. The molecule has 7 heteroatoms. The maximum atomic E-state index is 5.33. The molecule has 1 heterocycles. The zero-order valence-corrected chi connectivity index (χ0v) is 10.5. The Morgan fingerprint density at radius 2 is 2.19 bits per heavy atom. The van der Waals surface area contributed by atoms with Crippen LogP contribution in [0.25, 0.3) is 0 Å². The van der Waals surface area contributed by atoms with Gasteiger partial charge in [0.15, 0.2) is 11.6 Å². The summed E-state index contributed by atoms with van der Waals surface area (Å²) in [4.78, 5) is 8.07. The molecular weight excluding hydrogens is 226 g/mol. The zero-order valence-electron chi connectivity index (χ0n) is 9.65. The van der Waals surface area contributed by atoms with E-state index in [4.69, 9.17) is 10.6 Å². The molecule has 1 unspecified atom stereocenters. The number of methoxy groups -OCH3 is 1. The van der Waals surface area contributed by atoms with E-state index in [9.17, 15) is 0 Å². The molecule has 0 aromatic carbocycles. The largest absolute Gasteiger partial charge is 0.490 e. The molecule has 1 aromatic heterocycles. The maximum Gasteiger partial charge on any atom is 0.205 e. The number of hydrazine groups is 1. The fourth-order valence-corrected chi connectivity index (χ4v) is 1.37. The SMILES string of the molecule is COc1c(NN)ncnc1NCC(C)SC. The summed E-state index contributed by atoms with van der Waals surface area (Å²) < 4.78 is 5.20. The first-order valence-electron chi connectivity index (χ1n) is 4.85. The van der Waals surface area contributed by atoms with Crippen LogP contribution in [0.2, 0.25) is 0 Å². The van der Waals surface area contributed by atoms with Crippen LogP contribution >= 0.6 is 11.8 Å². The van der Waals surface area contributed by atoms with Gasteiger partial charge in [-0.2, -0.15) is 11.8 Å². The van der Waals surface area contributed by atoms with Crippen LogP contribution in [0.3, 0.4) is 0 Å². The Labute approximate surface area is 99.3 Å². The third kappa shape index (κ3) is 3.14. The quantitative estimate of drug-likeness (QED) is 0.506. The van der Waals surface area contributed by atoms with Crippen molar-refractivity contribution in [2.75, 3.05) is 30.7 Å². The van der Waals surface area contributed by atoms with Gasteiger partial charge in [-0.05, 0) is 6.26 Å². The van der Waals surface area contributed by atoms with E-state index in [0.29, 0.717) is 22.6 Å². The molecule has 0 aliphatic heterocycles. The topological polar surface area (TPSA) is 85.1 Å². The number of aromatic nitrogens is 2. The van der Waals surface area contributed by atoms with Crippen LogP contribution in [0.1, 0.15) is 6.92 Å². The van der Waals surface area contributed by atoms with E-state index in [0.717, 1.165) is 6.54 Å². The summed E-state index contributed by atoms with van der Waals surface area (Å²) in [5.74, 6) is 6.97. The molecule has 0 amide bonds. The minimum Gasteiger partial charge on any atom is -0.490 e. The van der Waals surface area contributed by atoms with Crippen LogP contribution in [0, 0.1) is 0 Å². The van der Waals surface area contributed by atoms with Crippen molar-refractivity contribution in [2.24, 2.45) is 5.84 Å². The average molecular weight is 243 g/mol. The highest BCUT2D eigenvalue weighted by atomic mass is 32.2. The number of anilines is 2. The van der Waals surface area contributed by atoms with E-state index in [1.54, 1.807) is 18.9 Å². The Morgan fingerprint density at radius 1 is 1.50 bits per heavy atom. The summed E-state index contributed by atoms with van der Waals surface area (Å²) in [6, 6.07) is 0. The van der Waals surface area contributed by atoms with Gasteiger partial charge in [0.2, 0.25) is 5.75 Å². The molecule has 1 rings (SSSR count). The molecule has 0 radical (unpaired) electrons. The lowest BCUT2D eigenvalue weighted by Gasteiger charge is -2.14. The number of nitrogens with two attached hydrogens (primary N) is 1. The van der Waals surface area contributed by atoms with Gasteiger partial charge in [0.25, 0.3) is 0 Å². The van der Waals surface area contributed by atoms with Crippen molar-refractivity contribution in [2.45, 2.75) is 12.2 Å². The van der Waals surface area contributed by atoms with Crippen molar-refractivity contribution in [3.8, 4) is 5.75 Å². The fourth-order valence-electron chi connectivity index (χ4n) is 1.12. The fraction of sp³-hybridized carbons (Fsp3) is 0.556. The highest BCUT2D eigenvalue weighted by Gasteiger charge is 2.11. The smallest absolute Gasteiger partial charge is 0.205 e. The second-order valence-electron chi connectivity index (χ2n) is 3.18. The molecule has 16 heavy (non-hydrogen) atoms. The van der Waals surface area contributed by atoms with Crippen LogP contribution < -0.4 is 21.3 Å².